The number of benzene rings is 2. The van der Waals surface area contributed by atoms with Gasteiger partial charge in [-0.15, -0.1) is 0 Å². The molecular weight excluding hydrogens is 326 g/mol. The van der Waals surface area contributed by atoms with Crippen LogP contribution in [0.3, 0.4) is 0 Å². The average Bonchev–Trinajstić information content (AvgIpc) is 2.95. The summed E-state index contributed by atoms with van der Waals surface area (Å²) in [5.41, 5.74) is 3.35. The Hall–Kier alpha value is -2.04. The SMILES string of the molecule is C[C@H](NC(=S)NCc1cc2cc(Cl)ccc2[nH]1)c1ccccc1. The Kier molecular flexibility index (Phi) is 4.84. The van der Waals surface area contributed by atoms with Gasteiger partial charge in [-0.3, -0.25) is 0 Å². The highest BCUT2D eigenvalue weighted by molar-refractivity contribution is 7.80. The molecule has 3 aromatic rings. The Balaban J connectivity index is 1.57. The van der Waals surface area contributed by atoms with Crippen LogP contribution in [0.4, 0.5) is 0 Å². The predicted octanol–water partition coefficient (Wildman–Crippen LogP) is 4.55. The predicted molar refractivity (Wildman–Crippen MR) is 101 cm³/mol. The molecule has 0 aliphatic heterocycles. The molecule has 0 radical (unpaired) electrons. The molecule has 5 heteroatoms. The van der Waals surface area contributed by atoms with Gasteiger partial charge in [0, 0.05) is 21.6 Å². The zero-order valence-electron chi connectivity index (χ0n) is 12.8. The molecule has 23 heavy (non-hydrogen) atoms. The van der Waals surface area contributed by atoms with Gasteiger partial charge in [-0.1, -0.05) is 41.9 Å². The summed E-state index contributed by atoms with van der Waals surface area (Å²) in [7, 11) is 0. The standard InChI is InChI=1S/C18H18ClN3S/c1-12(13-5-3-2-4-6-13)21-18(23)20-11-16-10-14-9-15(19)7-8-17(14)22-16/h2-10,12,22H,11H2,1H3,(H2,20,21,23)/t12-/m0/s1. The Labute approximate surface area is 146 Å². The normalized spacial score (nSPS) is 12.1. The molecule has 0 aliphatic carbocycles. The van der Waals surface area contributed by atoms with E-state index in [2.05, 4.69) is 40.7 Å². The van der Waals surface area contributed by atoms with Gasteiger partial charge < -0.3 is 15.6 Å². The monoisotopic (exact) mass is 343 g/mol. The molecule has 3 N–H and O–H groups in total. The van der Waals surface area contributed by atoms with Crippen molar-refractivity contribution in [2.45, 2.75) is 19.5 Å². The molecular formula is C18H18ClN3S. The summed E-state index contributed by atoms with van der Waals surface area (Å²) in [6.45, 7) is 2.73. The fraction of sp³-hybridized carbons (Fsp3) is 0.167. The highest BCUT2D eigenvalue weighted by Crippen LogP contribution is 2.20. The summed E-state index contributed by atoms with van der Waals surface area (Å²) >= 11 is 11.4. The number of thiocarbonyl (C=S) groups is 1. The summed E-state index contributed by atoms with van der Waals surface area (Å²) in [6, 6.07) is 18.3. The molecule has 118 valence electrons. The van der Waals surface area contributed by atoms with Gasteiger partial charge in [-0.05, 0) is 49.0 Å². The minimum Gasteiger partial charge on any atom is -0.357 e. The third-order valence-electron chi connectivity index (χ3n) is 3.73. The number of aromatic nitrogens is 1. The van der Waals surface area contributed by atoms with Crippen LogP contribution in [0, 0.1) is 0 Å². The van der Waals surface area contributed by atoms with Crippen LogP contribution in [-0.2, 0) is 6.54 Å². The summed E-state index contributed by atoms with van der Waals surface area (Å²) in [4.78, 5) is 3.35. The summed E-state index contributed by atoms with van der Waals surface area (Å²) in [5.74, 6) is 0. The number of aromatic amines is 1. The minimum atomic E-state index is 0.165. The second-order valence-corrected chi connectivity index (χ2v) is 6.33. The molecule has 1 atom stereocenters. The first-order chi connectivity index (χ1) is 11.1. The van der Waals surface area contributed by atoms with Crippen molar-refractivity contribution in [2.24, 2.45) is 0 Å². The lowest BCUT2D eigenvalue weighted by Gasteiger charge is -2.17. The van der Waals surface area contributed by atoms with E-state index in [9.17, 15) is 0 Å². The van der Waals surface area contributed by atoms with Crippen molar-refractivity contribution in [1.82, 2.24) is 15.6 Å². The van der Waals surface area contributed by atoms with E-state index in [4.69, 9.17) is 23.8 Å². The van der Waals surface area contributed by atoms with Gasteiger partial charge in [0.05, 0.1) is 12.6 Å². The minimum absolute atomic E-state index is 0.165. The van der Waals surface area contributed by atoms with E-state index < -0.39 is 0 Å². The summed E-state index contributed by atoms with van der Waals surface area (Å²) in [6.07, 6.45) is 0. The van der Waals surface area contributed by atoms with Crippen molar-refractivity contribution in [3.8, 4) is 0 Å². The Bertz CT molecular complexity index is 814. The number of hydrogen-bond acceptors (Lipinski definition) is 1. The molecule has 0 aliphatic rings. The lowest BCUT2D eigenvalue weighted by atomic mass is 10.1. The first-order valence-corrected chi connectivity index (χ1v) is 8.27. The highest BCUT2D eigenvalue weighted by Gasteiger charge is 2.07. The van der Waals surface area contributed by atoms with Crippen LogP contribution in [0.1, 0.15) is 24.2 Å². The van der Waals surface area contributed by atoms with E-state index in [1.165, 1.54) is 5.56 Å². The third kappa shape index (κ3) is 4.03. The molecule has 0 fully saturated rings. The Morgan fingerprint density at radius 3 is 2.74 bits per heavy atom. The van der Waals surface area contributed by atoms with Crippen molar-refractivity contribution < 1.29 is 0 Å². The fourth-order valence-corrected chi connectivity index (χ4v) is 2.94. The topological polar surface area (TPSA) is 39.8 Å². The lowest BCUT2D eigenvalue weighted by Crippen LogP contribution is -2.36. The van der Waals surface area contributed by atoms with Crippen molar-refractivity contribution >= 4 is 39.8 Å². The molecule has 0 saturated heterocycles. The van der Waals surface area contributed by atoms with Crippen molar-refractivity contribution in [2.75, 3.05) is 0 Å². The first-order valence-electron chi connectivity index (χ1n) is 7.48. The average molecular weight is 344 g/mol. The zero-order valence-corrected chi connectivity index (χ0v) is 14.3. The second kappa shape index (κ2) is 7.02. The van der Waals surface area contributed by atoms with Gasteiger partial charge in [-0.25, -0.2) is 0 Å². The van der Waals surface area contributed by atoms with Crippen LogP contribution in [-0.4, -0.2) is 10.1 Å². The number of hydrogen-bond donors (Lipinski definition) is 3. The van der Waals surface area contributed by atoms with Crippen LogP contribution in [0.25, 0.3) is 10.9 Å². The molecule has 3 nitrogen and oxygen atoms in total. The van der Waals surface area contributed by atoms with E-state index in [0.29, 0.717) is 11.7 Å². The number of halogens is 1. The molecule has 1 aromatic heterocycles. The van der Waals surface area contributed by atoms with Crippen molar-refractivity contribution in [3.05, 3.63) is 70.9 Å². The van der Waals surface area contributed by atoms with Gasteiger partial charge in [0.1, 0.15) is 0 Å². The number of rotatable bonds is 4. The largest absolute Gasteiger partial charge is 0.357 e. The van der Waals surface area contributed by atoms with Gasteiger partial charge in [0.15, 0.2) is 5.11 Å². The smallest absolute Gasteiger partial charge is 0.167 e. The van der Waals surface area contributed by atoms with E-state index in [1.54, 1.807) is 0 Å². The summed E-state index contributed by atoms with van der Waals surface area (Å²) < 4.78 is 0. The van der Waals surface area contributed by atoms with Gasteiger partial charge in [0.25, 0.3) is 0 Å². The molecule has 0 unspecified atom stereocenters. The molecule has 0 bridgehead atoms. The highest BCUT2D eigenvalue weighted by atomic mass is 35.5. The van der Waals surface area contributed by atoms with E-state index >= 15 is 0 Å². The molecule has 0 saturated carbocycles. The van der Waals surface area contributed by atoms with E-state index in [0.717, 1.165) is 21.6 Å². The molecule has 0 amide bonds. The summed E-state index contributed by atoms with van der Waals surface area (Å²) in [5, 5.41) is 9.01. The molecule has 2 aromatic carbocycles. The van der Waals surface area contributed by atoms with Gasteiger partial charge in [0.2, 0.25) is 0 Å². The zero-order chi connectivity index (χ0) is 16.2. The lowest BCUT2D eigenvalue weighted by molar-refractivity contribution is 0.696. The van der Waals surface area contributed by atoms with Crippen LogP contribution < -0.4 is 10.6 Å². The van der Waals surface area contributed by atoms with Gasteiger partial charge >= 0.3 is 0 Å². The Morgan fingerprint density at radius 2 is 1.96 bits per heavy atom. The molecule has 0 spiro atoms. The van der Waals surface area contributed by atoms with Crippen LogP contribution in [0.2, 0.25) is 5.02 Å². The maximum atomic E-state index is 6.01. The molecule has 3 rings (SSSR count). The maximum Gasteiger partial charge on any atom is 0.167 e. The van der Waals surface area contributed by atoms with Crippen LogP contribution >= 0.6 is 23.8 Å². The second-order valence-electron chi connectivity index (χ2n) is 5.49. The molecule has 1 heterocycles. The maximum absolute atomic E-state index is 6.01. The fourth-order valence-electron chi connectivity index (χ4n) is 2.51. The number of nitrogens with one attached hydrogen (secondary N) is 3. The third-order valence-corrected chi connectivity index (χ3v) is 4.22. The number of H-pyrrole nitrogens is 1. The first kappa shape index (κ1) is 15.8. The van der Waals surface area contributed by atoms with Crippen molar-refractivity contribution in [1.29, 1.82) is 0 Å². The Morgan fingerprint density at radius 1 is 1.17 bits per heavy atom. The quantitative estimate of drug-likeness (QED) is 0.609. The van der Waals surface area contributed by atoms with E-state index in [1.807, 2.05) is 36.4 Å². The number of fused-ring (bicyclic) bond motifs is 1. The van der Waals surface area contributed by atoms with Crippen LogP contribution in [0.15, 0.2) is 54.6 Å². The van der Waals surface area contributed by atoms with Gasteiger partial charge in [-0.2, -0.15) is 0 Å². The van der Waals surface area contributed by atoms with Crippen molar-refractivity contribution in [3.63, 3.8) is 0 Å². The van der Waals surface area contributed by atoms with Crippen LogP contribution in [0.5, 0.6) is 0 Å². The van der Waals surface area contributed by atoms with E-state index in [-0.39, 0.29) is 6.04 Å².